The van der Waals surface area contributed by atoms with Crippen LogP contribution in [-0.2, 0) is 20.8 Å². The lowest BCUT2D eigenvalue weighted by Crippen LogP contribution is -2.59. The fourth-order valence-electron chi connectivity index (χ4n) is 7.25. The van der Waals surface area contributed by atoms with Gasteiger partial charge in [-0.1, -0.05) is 49.6 Å². The van der Waals surface area contributed by atoms with Gasteiger partial charge in [-0.15, -0.1) is 11.8 Å². The molecule has 2 aromatic rings. The Morgan fingerprint density at radius 3 is 2.34 bits per heavy atom. The monoisotopic (exact) mass is 622 g/mol. The zero-order chi connectivity index (χ0) is 31.5. The second-order valence-corrected chi connectivity index (χ2v) is 15.0. The van der Waals surface area contributed by atoms with Crippen molar-refractivity contribution in [2.75, 3.05) is 18.8 Å². The molecule has 0 spiro atoms. The lowest BCUT2D eigenvalue weighted by molar-refractivity contribution is -0.147. The number of hydrogen-bond acceptors (Lipinski definition) is 5. The highest BCUT2D eigenvalue weighted by Crippen LogP contribution is 2.46. The molecule has 2 aliphatic heterocycles. The quantitative estimate of drug-likeness (QED) is 0.385. The number of thioether (sulfide) groups is 1. The van der Waals surface area contributed by atoms with Gasteiger partial charge in [0.2, 0.25) is 17.7 Å². The van der Waals surface area contributed by atoms with Gasteiger partial charge < -0.3 is 21.3 Å². The van der Waals surface area contributed by atoms with E-state index in [1.54, 1.807) is 23.9 Å². The number of piperidine rings is 1. The van der Waals surface area contributed by atoms with Crippen LogP contribution in [0.4, 0.5) is 4.39 Å². The summed E-state index contributed by atoms with van der Waals surface area (Å²) < 4.78 is 13.7. The van der Waals surface area contributed by atoms with Gasteiger partial charge in [0.05, 0.1) is 11.3 Å². The third kappa shape index (κ3) is 7.31. The normalized spacial score (nSPS) is 22.9. The summed E-state index contributed by atoms with van der Waals surface area (Å²) in [5.74, 6) is -0.333. The minimum absolute atomic E-state index is 0.101. The number of nitrogens with two attached hydrogens (primary N) is 1. The van der Waals surface area contributed by atoms with Crippen LogP contribution in [-0.4, -0.2) is 53.0 Å². The minimum Gasteiger partial charge on any atom is -0.351 e. The summed E-state index contributed by atoms with van der Waals surface area (Å²) in [7, 11) is 0. The van der Waals surface area contributed by atoms with Crippen molar-refractivity contribution in [2.45, 2.75) is 94.7 Å². The summed E-state index contributed by atoms with van der Waals surface area (Å²) in [6.07, 6.45) is 7.00. The lowest BCUT2D eigenvalue weighted by atomic mass is 9.63. The molecule has 44 heavy (non-hydrogen) atoms. The molecule has 4 N–H and O–H groups in total. The molecule has 9 heteroatoms. The highest BCUT2D eigenvalue weighted by Gasteiger charge is 2.49. The molecule has 7 nitrogen and oxygen atoms in total. The molecule has 0 aromatic heterocycles. The Balaban J connectivity index is 1.33. The number of rotatable bonds is 7. The summed E-state index contributed by atoms with van der Waals surface area (Å²) in [4.78, 5) is 44.6. The van der Waals surface area contributed by atoms with Gasteiger partial charge in [0.15, 0.2) is 0 Å². The van der Waals surface area contributed by atoms with Gasteiger partial charge in [0.1, 0.15) is 11.9 Å². The highest BCUT2D eigenvalue weighted by atomic mass is 32.2. The van der Waals surface area contributed by atoms with Crippen molar-refractivity contribution in [3.63, 3.8) is 0 Å². The number of likely N-dealkylation sites (tertiary alicyclic amines) is 1. The van der Waals surface area contributed by atoms with E-state index in [1.165, 1.54) is 18.6 Å². The van der Waals surface area contributed by atoms with Crippen LogP contribution in [0.5, 0.6) is 0 Å². The number of carbonyl (C=O) groups excluding carboxylic acids is 3. The second kappa shape index (κ2) is 13.6. The summed E-state index contributed by atoms with van der Waals surface area (Å²) >= 11 is 1.60. The molecule has 2 heterocycles. The van der Waals surface area contributed by atoms with Gasteiger partial charge in [-0.2, -0.15) is 0 Å². The number of benzene rings is 2. The Hall–Kier alpha value is -2.91. The van der Waals surface area contributed by atoms with E-state index in [4.69, 9.17) is 5.73 Å². The summed E-state index contributed by atoms with van der Waals surface area (Å²) in [6, 6.07) is 12.6. The minimum atomic E-state index is -0.826. The molecular formula is C35H47FN4O3S. The maximum absolute atomic E-state index is 14.2. The average Bonchev–Trinajstić information content (AvgIpc) is 3.01. The SMILES string of the molecule is CC(C)(C)NC(=O)C1(C2CCCCC2)CCN(C(=O)[C@@H](Cc2ccc(F)cc2)NC(=O)C2CSc3ccccc3C2N)CC1. The van der Waals surface area contributed by atoms with E-state index in [0.717, 1.165) is 41.7 Å². The molecular weight excluding hydrogens is 575 g/mol. The number of carbonyl (C=O) groups is 3. The van der Waals surface area contributed by atoms with E-state index < -0.39 is 23.4 Å². The third-order valence-electron chi connectivity index (χ3n) is 9.73. The van der Waals surface area contributed by atoms with Crippen molar-refractivity contribution in [3.05, 3.63) is 65.5 Å². The van der Waals surface area contributed by atoms with Gasteiger partial charge in [-0.05, 0) is 81.7 Å². The van der Waals surface area contributed by atoms with Crippen molar-refractivity contribution in [3.8, 4) is 0 Å². The molecule has 0 bridgehead atoms. The fraction of sp³-hybridized carbons (Fsp3) is 0.571. The maximum atomic E-state index is 14.2. The van der Waals surface area contributed by atoms with E-state index in [9.17, 15) is 18.8 Å². The predicted octanol–water partition coefficient (Wildman–Crippen LogP) is 5.38. The van der Waals surface area contributed by atoms with Crippen LogP contribution in [0.3, 0.4) is 0 Å². The van der Waals surface area contributed by atoms with Gasteiger partial charge in [-0.3, -0.25) is 14.4 Å². The van der Waals surface area contributed by atoms with Crippen molar-refractivity contribution in [1.29, 1.82) is 0 Å². The summed E-state index contributed by atoms with van der Waals surface area (Å²) in [5, 5.41) is 6.31. The number of fused-ring (bicyclic) bond motifs is 1. The van der Waals surface area contributed by atoms with Gasteiger partial charge in [0, 0.05) is 41.7 Å². The molecule has 238 valence electrons. The fourth-order valence-corrected chi connectivity index (χ4v) is 8.51. The van der Waals surface area contributed by atoms with Crippen LogP contribution < -0.4 is 16.4 Å². The number of halogens is 1. The zero-order valence-electron chi connectivity index (χ0n) is 26.2. The van der Waals surface area contributed by atoms with Gasteiger partial charge in [-0.25, -0.2) is 4.39 Å². The van der Waals surface area contributed by atoms with E-state index in [1.807, 2.05) is 49.9 Å². The van der Waals surface area contributed by atoms with Crippen LogP contribution in [0.15, 0.2) is 53.4 Å². The number of nitrogens with zero attached hydrogens (tertiary/aromatic N) is 1. The Bertz CT molecular complexity index is 1330. The molecule has 3 amide bonds. The highest BCUT2D eigenvalue weighted by molar-refractivity contribution is 7.99. The van der Waals surface area contributed by atoms with E-state index >= 15 is 0 Å². The lowest BCUT2D eigenvalue weighted by Gasteiger charge is -2.48. The third-order valence-corrected chi connectivity index (χ3v) is 10.9. The standard InChI is InChI=1S/C35H47FN4O3S/c1-34(2,3)39-33(43)35(24-9-5-4-6-10-24)17-19-40(20-18-35)32(42)28(21-23-13-15-25(36)16-14-23)38-31(41)27-22-44-29-12-8-7-11-26(29)30(27)37/h7-8,11-16,24,27-28,30H,4-6,9-10,17-22,37H2,1-3H3,(H,38,41)(H,39,43)/t27?,28-,30?/m1/s1. The Kier molecular flexibility index (Phi) is 10.0. The Labute approximate surface area is 265 Å². The summed E-state index contributed by atoms with van der Waals surface area (Å²) in [6.45, 7) is 6.94. The maximum Gasteiger partial charge on any atom is 0.245 e. The smallest absolute Gasteiger partial charge is 0.245 e. The van der Waals surface area contributed by atoms with E-state index in [-0.39, 0.29) is 35.5 Å². The van der Waals surface area contributed by atoms with Crippen LogP contribution in [0.1, 0.15) is 82.9 Å². The van der Waals surface area contributed by atoms with Crippen molar-refractivity contribution < 1.29 is 18.8 Å². The van der Waals surface area contributed by atoms with E-state index in [0.29, 0.717) is 37.6 Å². The molecule has 1 saturated heterocycles. The summed E-state index contributed by atoms with van der Waals surface area (Å²) in [5.41, 5.74) is 7.44. The first-order valence-corrected chi connectivity index (χ1v) is 17.1. The van der Waals surface area contributed by atoms with Crippen LogP contribution in [0.2, 0.25) is 0 Å². The number of hydrogen-bond donors (Lipinski definition) is 3. The van der Waals surface area contributed by atoms with Gasteiger partial charge in [0.25, 0.3) is 0 Å². The number of nitrogens with one attached hydrogen (secondary N) is 2. The van der Waals surface area contributed by atoms with Crippen LogP contribution >= 0.6 is 11.8 Å². The molecule has 1 saturated carbocycles. The predicted molar refractivity (Wildman–Crippen MR) is 172 cm³/mol. The number of amides is 3. The Morgan fingerprint density at radius 1 is 1.02 bits per heavy atom. The molecule has 1 aliphatic carbocycles. The first-order valence-electron chi connectivity index (χ1n) is 16.1. The second-order valence-electron chi connectivity index (χ2n) is 13.9. The molecule has 2 fully saturated rings. The molecule has 3 atom stereocenters. The average molecular weight is 623 g/mol. The molecule has 3 aliphatic rings. The van der Waals surface area contributed by atoms with Gasteiger partial charge >= 0.3 is 0 Å². The molecule has 2 aromatic carbocycles. The van der Waals surface area contributed by atoms with E-state index in [2.05, 4.69) is 10.6 Å². The molecule has 5 rings (SSSR count). The first kappa shape index (κ1) is 32.5. The molecule has 2 unspecified atom stereocenters. The topological polar surface area (TPSA) is 105 Å². The first-order chi connectivity index (χ1) is 21.0. The van der Waals surface area contributed by atoms with Crippen molar-refractivity contribution >= 4 is 29.5 Å². The van der Waals surface area contributed by atoms with Crippen LogP contribution in [0.25, 0.3) is 0 Å². The van der Waals surface area contributed by atoms with Crippen LogP contribution in [0, 0.1) is 23.1 Å². The van der Waals surface area contributed by atoms with Crippen molar-refractivity contribution in [2.24, 2.45) is 23.0 Å². The largest absolute Gasteiger partial charge is 0.351 e. The Morgan fingerprint density at radius 2 is 1.68 bits per heavy atom. The van der Waals surface area contributed by atoms with Crippen molar-refractivity contribution in [1.82, 2.24) is 15.5 Å². The zero-order valence-corrected chi connectivity index (χ0v) is 27.1. The molecule has 0 radical (unpaired) electrons.